The largest absolute Gasteiger partial charge is 0.497 e. The van der Waals surface area contributed by atoms with E-state index in [2.05, 4.69) is 10.3 Å². The van der Waals surface area contributed by atoms with E-state index in [1.54, 1.807) is 13.3 Å². The SMILES string of the molecule is COc1ccc([C@H]2CNCCN2C(=O)c2cccc3ncccc23)cc1. The topological polar surface area (TPSA) is 54.5 Å². The highest BCUT2D eigenvalue weighted by atomic mass is 16.5. The summed E-state index contributed by atoms with van der Waals surface area (Å²) in [6.45, 7) is 2.20. The maximum atomic E-state index is 13.4. The molecule has 3 aromatic rings. The molecule has 26 heavy (non-hydrogen) atoms. The van der Waals surface area contributed by atoms with Gasteiger partial charge in [-0.05, 0) is 35.9 Å². The second-order valence-corrected chi connectivity index (χ2v) is 6.37. The molecular weight excluding hydrogens is 326 g/mol. The zero-order valence-corrected chi connectivity index (χ0v) is 14.7. The van der Waals surface area contributed by atoms with Crippen molar-refractivity contribution in [2.45, 2.75) is 6.04 Å². The van der Waals surface area contributed by atoms with Gasteiger partial charge in [-0.3, -0.25) is 9.78 Å². The number of carbonyl (C=O) groups is 1. The third kappa shape index (κ3) is 3.02. The van der Waals surface area contributed by atoms with Gasteiger partial charge in [0.25, 0.3) is 5.91 Å². The van der Waals surface area contributed by atoms with Gasteiger partial charge in [0.15, 0.2) is 0 Å². The number of rotatable bonds is 3. The Morgan fingerprint density at radius 3 is 2.81 bits per heavy atom. The van der Waals surface area contributed by atoms with E-state index in [-0.39, 0.29) is 11.9 Å². The van der Waals surface area contributed by atoms with Crippen LogP contribution >= 0.6 is 0 Å². The van der Waals surface area contributed by atoms with Crippen molar-refractivity contribution in [3.05, 3.63) is 71.9 Å². The van der Waals surface area contributed by atoms with Crippen molar-refractivity contribution in [1.82, 2.24) is 15.2 Å². The summed E-state index contributed by atoms with van der Waals surface area (Å²) in [5.41, 5.74) is 2.65. The number of benzene rings is 2. The summed E-state index contributed by atoms with van der Waals surface area (Å²) in [5, 5.41) is 4.29. The number of hydrogen-bond acceptors (Lipinski definition) is 4. The number of nitrogens with one attached hydrogen (secondary N) is 1. The quantitative estimate of drug-likeness (QED) is 0.791. The first-order valence-corrected chi connectivity index (χ1v) is 8.77. The molecule has 1 aromatic heterocycles. The third-order valence-electron chi connectivity index (χ3n) is 4.88. The van der Waals surface area contributed by atoms with E-state index in [9.17, 15) is 4.79 Å². The van der Waals surface area contributed by atoms with Crippen molar-refractivity contribution in [3.63, 3.8) is 0 Å². The van der Waals surface area contributed by atoms with Crippen LogP contribution < -0.4 is 10.1 Å². The van der Waals surface area contributed by atoms with Crippen LogP contribution in [0.25, 0.3) is 10.9 Å². The Hall–Kier alpha value is -2.92. The maximum Gasteiger partial charge on any atom is 0.255 e. The molecule has 1 fully saturated rings. The molecule has 1 N–H and O–H groups in total. The second kappa shape index (κ2) is 7.14. The van der Waals surface area contributed by atoms with Crippen molar-refractivity contribution in [1.29, 1.82) is 0 Å². The highest BCUT2D eigenvalue weighted by molar-refractivity contribution is 6.06. The summed E-state index contributed by atoms with van der Waals surface area (Å²) in [6.07, 6.45) is 1.75. The van der Waals surface area contributed by atoms with E-state index in [0.29, 0.717) is 12.1 Å². The Labute approximate surface area is 152 Å². The molecule has 0 bridgehead atoms. The number of fused-ring (bicyclic) bond motifs is 1. The first-order chi connectivity index (χ1) is 12.8. The summed E-state index contributed by atoms with van der Waals surface area (Å²) < 4.78 is 5.25. The van der Waals surface area contributed by atoms with Crippen LogP contribution in [0.5, 0.6) is 5.75 Å². The number of piperazine rings is 1. The lowest BCUT2D eigenvalue weighted by Gasteiger charge is -2.37. The lowest BCUT2D eigenvalue weighted by molar-refractivity contribution is 0.0636. The van der Waals surface area contributed by atoms with E-state index in [0.717, 1.165) is 35.3 Å². The Morgan fingerprint density at radius 1 is 1.15 bits per heavy atom. The average molecular weight is 347 g/mol. The molecule has 1 amide bonds. The van der Waals surface area contributed by atoms with E-state index in [1.165, 1.54) is 0 Å². The fourth-order valence-corrected chi connectivity index (χ4v) is 3.52. The van der Waals surface area contributed by atoms with Gasteiger partial charge in [0.2, 0.25) is 0 Å². The monoisotopic (exact) mass is 347 g/mol. The van der Waals surface area contributed by atoms with Gasteiger partial charge in [-0.1, -0.05) is 24.3 Å². The van der Waals surface area contributed by atoms with Gasteiger partial charge in [0.05, 0.1) is 18.7 Å². The molecular formula is C21H21N3O2. The maximum absolute atomic E-state index is 13.4. The summed E-state index contributed by atoms with van der Waals surface area (Å²) >= 11 is 0. The second-order valence-electron chi connectivity index (χ2n) is 6.37. The Balaban J connectivity index is 1.70. The van der Waals surface area contributed by atoms with Crippen LogP contribution in [0, 0.1) is 0 Å². The van der Waals surface area contributed by atoms with Gasteiger partial charge in [0.1, 0.15) is 5.75 Å². The van der Waals surface area contributed by atoms with Gasteiger partial charge in [-0.15, -0.1) is 0 Å². The van der Waals surface area contributed by atoms with Gasteiger partial charge in [-0.2, -0.15) is 0 Å². The van der Waals surface area contributed by atoms with Crippen LogP contribution in [-0.4, -0.2) is 42.5 Å². The van der Waals surface area contributed by atoms with E-state index < -0.39 is 0 Å². The van der Waals surface area contributed by atoms with Crippen LogP contribution in [0.1, 0.15) is 22.0 Å². The first kappa shape index (κ1) is 16.5. The number of amides is 1. The van der Waals surface area contributed by atoms with Crippen molar-refractivity contribution < 1.29 is 9.53 Å². The molecule has 132 valence electrons. The van der Waals surface area contributed by atoms with Crippen molar-refractivity contribution in [2.24, 2.45) is 0 Å². The summed E-state index contributed by atoms with van der Waals surface area (Å²) in [5.74, 6) is 0.862. The molecule has 5 heteroatoms. The molecule has 2 aromatic carbocycles. The molecule has 5 nitrogen and oxygen atoms in total. The lowest BCUT2D eigenvalue weighted by atomic mass is 10.0. The molecule has 1 aliphatic heterocycles. The van der Waals surface area contributed by atoms with Crippen LogP contribution in [0.4, 0.5) is 0 Å². The normalized spacial score (nSPS) is 17.3. The van der Waals surface area contributed by atoms with Crippen LogP contribution in [0.3, 0.4) is 0 Å². The summed E-state index contributed by atoms with van der Waals surface area (Å²) in [4.78, 5) is 19.7. The van der Waals surface area contributed by atoms with Gasteiger partial charge in [-0.25, -0.2) is 0 Å². The zero-order valence-electron chi connectivity index (χ0n) is 14.7. The predicted octanol–water partition coefficient (Wildman–Crippen LogP) is 3.03. The minimum atomic E-state index is -0.00548. The molecule has 1 saturated heterocycles. The van der Waals surface area contributed by atoms with Gasteiger partial charge >= 0.3 is 0 Å². The van der Waals surface area contributed by atoms with Gasteiger partial charge in [0, 0.05) is 36.8 Å². The molecule has 1 aliphatic rings. The molecule has 0 spiro atoms. The fraction of sp³-hybridized carbons (Fsp3) is 0.238. The molecule has 2 heterocycles. The molecule has 4 rings (SSSR count). The van der Waals surface area contributed by atoms with Crippen molar-refractivity contribution in [3.8, 4) is 5.75 Å². The summed E-state index contributed by atoms with van der Waals surface area (Å²) in [6, 6.07) is 17.5. The molecule has 0 radical (unpaired) electrons. The van der Waals surface area contributed by atoms with E-state index >= 15 is 0 Å². The number of ether oxygens (including phenoxy) is 1. The Morgan fingerprint density at radius 2 is 2.00 bits per heavy atom. The minimum absolute atomic E-state index is 0.00548. The van der Waals surface area contributed by atoms with Crippen LogP contribution in [0.15, 0.2) is 60.8 Å². The number of pyridine rings is 1. The van der Waals surface area contributed by atoms with E-state index in [4.69, 9.17) is 4.74 Å². The highest BCUT2D eigenvalue weighted by Crippen LogP contribution is 2.27. The zero-order chi connectivity index (χ0) is 17.9. The van der Waals surface area contributed by atoms with E-state index in [1.807, 2.05) is 59.5 Å². The third-order valence-corrected chi connectivity index (χ3v) is 4.88. The smallest absolute Gasteiger partial charge is 0.255 e. The Kier molecular flexibility index (Phi) is 4.54. The molecule has 1 atom stereocenters. The highest BCUT2D eigenvalue weighted by Gasteiger charge is 2.29. The molecule has 0 aliphatic carbocycles. The number of methoxy groups -OCH3 is 1. The number of nitrogens with zero attached hydrogens (tertiary/aromatic N) is 2. The standard InChI is InChI=1S/C21H21N3O2/c1-26-16-9-7-15(8-10-16)20-14-22-12-13-24(20)21(25)18-4-2-6-19-17(18)5-3-11-23-19/h2-11,20,22H,12-14H2,1H3/t20-/m1/s1. The van der Waals surface area contributed by atoms with Gasteiger partial charge < -0.3 is 15.0 Å². The average Bonchev–Trinajstić information content (AvgIpc) is 2.73. The Bertz CT molecular complexity index is 919. The summed E-state index contributed by atoms with van der Waals surface area (Å²) in [7, 11) is 1.65. The minimum Gasteiger partial charge on any atom is -0.497 e. The van der Waals surface area contributed by atoms with Crippen LogP contribution in [-0.2, 0) is 0 Å². The number of aromatic nitrogens is 1. The number of carbonyl (C=O) groups excluding carboxylic acids is 1. The van der Waals surface area contributed by atoms with Crippen molar-refractivity contribution in [2.75, 3.05) is 26.7 Å². The number of hydrogen-bond donors (Lipinski definition) is 1. The van der Waals surface area contributed by atoms with Crippen LogP contribution in [0.2, 0.25) is 0 Å². The van der Waals surface area contributed by atoms with Crippen molar-refractivity contribution >= 4 is 16.8 Å². The molecule has 0 unspecified atom stereocenters. The first-order valence-electron chi connectivity index (χ1n) is 8.77. The molecule has 0 saturated carbocycles. The predicted molar refractivity (Wildman–Crippen MR) is 101 cm³/mol. The lowest BCUT2D eigenvalue weighted by Crippen LogP contribution is -2.48. The fourth-order valence-electron chi connectivity index (χ4n) is 3.52.